The summed E-state index contributed by atoms with van der Waals surface area (Å²) in [7, 11) is 0. The van der Waals surface area contributed by atoms with Crippen molar-refractivity contribution in [1.29, 1.82) is 0 Å². The fourth-order valence-electron chi connectivity index (χ4n) is 3.17. The van der Waals surface area contributed by atoms with Gasteiger partial charge in [-0.15, -0.1) is 5.10 Å². The van der Waals surface area contributed by atoms with E-state index in [0.717, 1.165) is 11.6 Å². The van der Waals surface area contributed by atoms with E-state index in [0.29, 0.717) is 42.9 Å². The van der Waals surface area contributed by atoms with Crippen LogP contribution in [0.2, 0.25) is 10.2 Å². The third-order valence-corrected chi connectivity index (χ3v) is 5.31. The molecule has 1 N–H and O–H groups in total. The lowest BCUT2D eigenvalue weighted by atomic mass is 10.1. The monoisotopic (exact) mass is 465 g/mol. The zero-order chi connectivity index (χ0) is 21.8. The maximum Gasteiger partial charge on any atom is 0.318 e. The van der Waals surface area contributed by atoms with Crippen LogP contribution in [0.4, 0.5) is 10.4 Å². The van der Waals surface area contributed by atoms with Crippen LogP contribution in [0.1, 0.15) is 12.8 Å². The number of nitrogens with zero attached hydrogens (tertiary/aromatic N) is 4. The number of amides is 1. The number of ether oxygens (including phenoxy) is 1. The summed E-state index contributed by atoms with van der Waals surface area (Å²) in [6.45, 7) is 1.07. The van der Waals surface area contributed by atoms with Crippen LogP contribution >= 0.6 is 23.2 Å². The summed E-state index contributed by atoms with van der Waals surface area (Å²) in [6, 6.07) is 8.68. The lowest BCUT2D eigenvalue weighted by molar-refractivity contribution is -0.123. The van der Waals surface area contributed by atoms with Gasteiger partial charge in [0, 0.05) is 35.8 Å². The van der Waals surface area contributed by atoms with Crippen molar-refractivity contribution < 1.29 is 18.3 Å². The second-order valence-corrected chi connectivity index (χ2v) is 7.75. The number of carbonyl (C=O) groups excluding carboxylic acids is 1. The first-order valence-electron chi connectivity index (χ1n) is 9.55. The molecule has 3 heterocycles. The van der Waals surface area contributed by atoms with Gasteiger partial charge < -0.3 is 19.4 Å². The van der Waals surface area contributed by atoms with Crippen LogP contribution in [0.5, 0.6) is 5.75 Å². The predicted molar refractivity (Wildman–Crippen MR) is 113 cm³/mol. The van der Waals surface area contributed by atoms with Crippen molar-refractivity contribution in [3.05, 3.63) is 52.5 Å². The Morgan fingerprint density at radius 3 is 2.68 bits per heavy atom. The molecule has 0 unspecified atom stereocenters. The topological polar surface area (TPSA) is 93.4 Å². The summed E-state index contributed by atoms with van der Waals surface area (Å²) in [5.41, 5.74) is 0.793. The van der Waals surface area contributed by atoms with Gasteiger partial charge in [0.1, 0.15) is 5.75 Å². The third kappa shape index (κ3) is 5.42. The Labute approximate surface area is 187 Å². The Hall–Kier alpha value is -2.91. The van der Waals surface area contributed by atoms with Gasteiger partial charge in [-0.2, -0.15) is 0 Å². The van der Waals surface area contributed by atoms with Crippen molar-refractivity contribution in [2.24, 2.45) is 0 Å². The number of hydrogen-bond acceptors (Lipinski definition) is 7. The Kier molecular flexibility index (Phi) is 6.53. The Morgan fingerprint density at radius 2 is 1.97 bits per heavy atom. The number of anilines is 1. The molecule has 0 radical (unpaired) electrons. The molecular weight excluding hydrogens is 448 g/mol. The molecule has 1 aliphatic heterocycles. The minimum absolute atomic E-state index is 0.00825. The maximum atomic E-state index is 13.4. The van der Waals surface area contributed by atoms with Crippen LogP contribution in [0.25, 0.3) is 11.5 Å². The zero-order valence-corrected chi connectivity index (χ0v) is 17.7. The minimum atomic E-state index is -0.702. The molecule has 1 aliphatic rings. The van der Waals surface area contributed by atoms with Gasteiger partial charge in [-0.3, -0.25) is 4.79 Å². The number of benzene rings is 1. The molecule has 3 aromatic rings. The average molecular weight is 466 g/mol. The minimum Gasteiger partial charge on any atom is -0.482 e. The average Bonchev–Trinajstić information content (AvgIpc) is 3.26. The van der Waals surface area contributed by atoms with Gasteiger partial charge in [0.2, 0.25) is 5.89 Å². The summed E-state index contributed by atoms with van der Waals surface area (Å²) >= 11 is 11.4. The van der Waals surface area contributed by atoms with E-state index < -0.39 is 5.82 Å². The van der Waals surface area contributed by atoms with Gasteiger partial charge in [-0.25, -0.2) is 9.37 Å². The van der Waals surface area contributed by atoms with E-state index in [1.165, 1.54) is 6.20 Å². The number of nitrogens with one attached hydrogen (secondary N) is 1. The second-order valence-electron chi connectivity index (χ2n) is 6.96. The number of carbonyl (C=O) groups is 1. The molecule has 11 heteroatoms. The van der Waals surface area contributed by atoms with E-state index in [1.54, 1.807) is 12.1 Å². The van der Waals surface area contributed by atoms with Gasteiger partial charge >= 0.3 is 6.01 Å². The van der Waals surface area contributed by atoms with Gasteiger partial charge in [-0.1, -0.05) is 28.3 Å². The van der Waals surface area contributed by atoms with E-state index in [4.69, 9.17) is 32.4 Å². The Bertz CT molecular complexity index is 1060. The summed E-state index contributed by atoms with van der Waals surface area (Å²) in [5.74, 6) is -0.434. The highest BCUT2D eigenvalue weighted by molar-refractivity contribution is 6.30. The molecule has 1 saturated heterocycles. The van der Waals surface area contributed by atoms with Crippen LogP contribution in [0.15, 0.2) is 40.9 Å². The SMILES string of the molecule is O=C(COc1cnc(Cl)c(F)c1)NC1CCN(c2nnc(-c3ccc(Cl)cc3)o2)CC1. The number of piperidine rings is 1. The van der Waals surface area contributed by atoms with Gasteiger partial charge in [-0.05, 0) is 37.1 Å². The molecule has 1 aromatic carbocycles. The van der Waals surface area contributed by atoms with Gasteiger partial charge in [0.25, 0.3) is 5.91 Å². The summed E-state index contributed by atoms with van der Waals surface area (Å²) in [5, 5.41) is 11.5. The highest BCUT2D eigenvalue weighted by atomic mass is 35.5. The molecule has 2 aromatic heterocycles. The van der Waals surface area contributed by atoms with Crippen LogP contribution in [-0.4, -0.2) is 46.8 Å². The van der Waals surface area contributed by atoms with Crippen LogP contribution < -0.4 is 15.0 Å². The van der Waals surface area contributed by atoms with Crippen LogP contribution in [0.3, 0.4) is 0 Å². The first-order valence-corrected chi connectivity index (χ1v) is 10.3. The molecule has 162 valence electrons. The van der Waals surface area contributed by atoms with E-state index in [2.05, 4.69) is 20.5 Å². The summed E-state index contributed by atoms with van der Waals surface area (Å²) in [4.78, 5) is 17.7. The molecule has 0 aliphatic carbocycles. The third-order valence-electron chi connectivity index (χ3n) is 4.78. The van der Waals surface area contributed by atoms with Crippen molar-refractivity contribution in [1.82, 2.24) is 20.5 Å². The molecular formula is C20H18Cl2FN5O3. The molecule has 1 fully saturated rings. The normalized spacial score (nSPS) is 14.5. The fourth-order valence-corrected chi connectivity index (χ4v) is 3.40. The lowest BCUT2D eigenvalue weighted by Crippen LogP contribution is -2.46. The zero-order valence-electron chi connectivity index (χ0n) is 16.2. The first-order chi connectivity index (χ1) is 15.0. The number of hydrogen-bond donors (Lipinski definition) is 1. The van der Waals surface area contributed by atoms with E-state index >= 15 is 0 Å². The summed E-state index contributed by atoms with van der Waals surface area (Å²) < 4.78 is 24.4. The van der Waals surface area contributed by atoms with Gasteiger partial charge in [0.15, 0.2) is 17.6 Å². The smallest absolute Gasteiger partial charge is 0.318 e. The lowest BCUT2D eigenvalue weighted by Gasteiger charge is -2.30. The Morgan fingerprint density at radius 1 is 1.23 bits per heavy atom. The van der Waals surface area contributed by atoms with Crippen molar-refractivity contribution in [3.8, 4) is 17.2 Å². The highest BCUT2D eigenvalue weighted by Crippen LogP contribution is 2.25. The quantitative estimate of drug-likeness (QED) is 0.554. The van der Waals surface area contributed by atoms with E-state index in [-0.39, 0.29) is 29.5 Å². The number of aromatic nitrogens is 3. The standard InChI is InChI=1S/C20H18Cl2FN5O3/c21-13-3-1-12(2-4-13)19-26-27-20(31-19)28-7-5-14(6-8-28)25-17(29)11-30-15-9-16(23)18(22)24-10-15/h1-4,9-10,14H,5-8,11H2,(H,25,29). The molecule has 0 bridgehead atoms. The number of rotatable bonds is 6. The van der Waals surface area contributed by atoms with Crippen molar-refractivity contribution >= 4 is 35.1 Å². The molecule has 1 amide bonds. The first kappa shape index (κ1) is 21.3. The highest BCUT2D eigenvalue weighted by Gasteiger charge is 2.24. The summed E-state index contributed by atoms with van der Waals surface area (Å²) in [6.07, 6.45) is 2.68. The molecule has 8 nitrogen and oxygen atoms in total. The molecule has 4 rings (SSSR count). The molecule has 0 saturated carbocycles. The molecule has 0 spiro atoms. The molecule has 31 heavy (non-hydrogen) atoms. The van der Waals surface area contributed by atoms with Crippen molar-refractivity contribution in [2.45, 2.75) is 18.9 Å². The number of halogens is 3. The van der Waals surface area contributed by atoms with Crippen LogP contribution in [0, 0.1) is 5.82 Å². The Balaban J connectivity index is 1.24. The largest absolute Gasteiger partial charge is 0.482 e. The van der Waals surface area contributed by atoms with Crippen LogP contribution in [-0.2, 0) is 4.79 Å². The fraction of sp³-hybridized carbons (Fsp3) is 0.300. The second kappa shape index (κ2) is 9.49. The van der Waals surface area contributed by atoms with E-state index in [1.807, 2.05) is 17.0 Å². The van der Waals surface area contributed by atoms with Crippen molar-refractivity contribution in [3.63, 3.8) is 0 Å². The number of pyridine rings is 1. The van der Waals surface area contributed by atoms with Gasteiger partial charge in [0.05, 0.1) is 6.20 Å². The predicted octanol–water partition coefficient (Wildman–Crippen LogP) is 3.74. The van der Waals surface area contributed by atoms with E-state index in [9.17, 15) is 9.18 Å². The maximum absolute atomic E-state index is 13.4. The van der Waals surface area contributed by atoms with Crippen molar-refractivity contribution in [2.75, 3.05) is 24.6 Å². The molecule has 0 atom stereocenters.